The van der Waals surface area contributed by atoms with E-state index in [1.165, 1.54) is 11.1 Å². The second kappa shape index (κ2) is 6.00. The van der Waals surface area contributed by atoms with E-state index in [1.807, 2.05) is 6.92 Å². The van der Waals surface area contributed by atoms with Gasteiger partial charge in [-0.25, -0.2) is 0 Å². The number of benzene rings is 2. The van der Waals surface area contributed by atoms with Crippen LogP contribution in [0.25, 0.3) is 11.1 Å². The maximum atomic E-state index is 5.43. The summed E-state index contributed by atoms with van der Waals surface area (Å²) in [4.78, 5) is 0. The van der Waals surface area contributed by atoms with Crippen LogP contribution in [0.3, 0.4) is 0 Å². The van der Waals surface area contributed by atoms with Crippen LogP contribution in [0, 0.1) is 6.92 Å². The first-order valence-electron chi connectivity index (χ1n) is 6.89. The average molecular weight is 270 g/mol. The summed E-state index contributed by atoms with van der Waals surface area (Å²) < 4.78 is 10.9. The van der Waals surface area contributed by atoms with Crippen molar-refractivity contribution in [2.75, 3.05) is 14.2 Å². The molecule has 0 radical (unpaired) electrons. The summed E-state index contributed by atoms with van der Waals surface area (Å²) in [6.07, 6.45) is 0. The third-order valence-electron chi connectivity index (χ3n) is 3.66. The highest BCUT2D eigenvalue weighted by Gasteiger charge is 2.10. The maximum Gasteiger partial charge on any atom is 0.126 e. The van der Waals surface area contributed by atoms with Crippen molar-refractivity contribution in [3.05, 3.63) is 47.5 Å². The average Bonchev–Trinajstić information content (AvgIpc) is 2.47. The molecule has 0 aliphatic heterocycles. The number of hydrogen-bond donors (Lipinski definition) is 0. The summed E-state index contributed by atoms with van der Waals surface area (Å²) >= 11 is 0. The molecule has 2 aromatic carbocycles. The van der Waals surface area contributed by atoms with E-state index in [1.54, 1.807) is 14.2 Å². The zero-order valence-corrected chi connectivity index (χ0v) is 12.9. The fourth-order valence-corrected chi connectivity index (χ4v) is 2.31. The summed E-state index contributed by atoms with van der Waals surface area (Å²) in [5, 5.41) is 0. The van der Waals surface area contributed by atoms with Gasteiger partial charge in [0.2, 0.25) is 0 Å². The van der Waals surface area contributed by atoms with Crippen molar-refractivity contribution in [2.45, 2.75) is 26.7 Å². The first-order chi connectivity index (χ1) is 9.56. The van der Waals surface area contributed by atoms with Crippen molar-refractivity contribution >= 4 is 0 Å². The van der Waals surface area contributed by atoms with Crippen molar-refractivity contribution < 1.29 is 9.47 Å². The zero-order chi connectivity index (χ0) is 14.7. The third-order valence-corrected chi connectivity index (χ3v) is 3.66. The van der Waals surface area contributed by atoms with E-state index in [9.17, 15) is 0 Å². The molecule has 0 saturated carbocycles. The van der Waals surface area contributed by atoms with E-state index in [0.717, 1.165) is 22.6 Å². The fraction of sp³-hybridized carbons (Fsp3) is 0.333. The van der Waals surface area contributed by atoms with Gasteiger partial charge in [0, 0.05) is 5.56 Å². The lowest BCUT2D eigenvalue weighted by molar-refractivity contribution is 0.389. The molecule has 0 aliphatic rings. The Kier molecular flexibility index (Phi) is 4.33. The predicted molar refractivity (Wildman–Crippen MR) is 83.8 cm³/mol. The Balaban J connectivity index is 2.46. The molecule has 2 rings (SSSR count). The lowest BCUT2D eigenvalue weighted by Gasteiger charge is -2.13. The predicted octanol–water partition coefficient (Wildman–Crippen LogP) is 4.80. The van der Waals surface area contributed by atoms with Crippen LogP contribution >= 0.6 is 0 Å². The van der Waals surface area contributed by atoms with Crippen LogP contribution < -0.4 is 9.47 Å². The van der Waals surface area contributed by atoms with Crippen LogP contribution in [0.4, 0.5) is 0 Å². The topological polar surface area (TPSA) is 18.5 Å². The van der Waals surface area contributed by atoms with E-state index >= 15 is 0 Å². The van der Waals surface area contributed by atoms with Crippen LogP contribution in [0.15, 0.2) is 36.4 Å². The summed E-state index contributed by atoms with van der Waals surface area (Å²) in [5.41, 5.74) is 4.66. The lowest BCUT2D eigenvalue weighted by Crippen LogP contribution is -1.94. The molecule has 106 valence electrons. The van der Waals surface area contributed by atoms with Crippen molar-refractivity contribution in [3.8, 4) is 22.6 Å². The van der Waals surface area contributed by atoms with Crippen molar-refractivity contribution in [1.29, 1.82) is 0 Å². The van der Waals surface area contributed by atoms with Crippen LogP contribution in [-0.2, 0) is 0 Å². The molecule has 0 aromatic heterocycles. The standard InChI is InChI=1S/C18H22O2/c1-12(2)14-6-8-15(9-7-14)16-10-17(19-4)13(3)18(11-16)20-5/h6-12H,1-5H3. The van der Waals surface area contributed by atoms with Crippen LogP contribution in [0.2, 0.25) is 0 Å². The first-order valence-corrected chi connectivity index (χ1v) is 6.89. The molecular formula is C18H22O2. The quantitative estimate of drug-likeness (QED) is 0.794. The smallest absolute Gasteiger partial charge is 0.126 e. The first kappa shape index (κ1) is 14.4. The number of methoxy groups -OCH3 is 2. The molecular weight excluding hydrogens is 248 g/mol. The summed E-state index contributed by atoms with van der Waals surface area (Å²) in [6.45, 7) is 6.41. The molecule has 0 heterocycles. The van der Waals surface area contributed by atoms with Crippen LogP contribution in [0.5, 0.6) is 11.5 Å². The minimum atomic E-state index is 0.547. The highest BCUT2D eigenvalue weighted by molar-refractivity contribution is 5.69. The SMILES string of the molecule is COc1cc(-c2ccc(C(C)C)cc2)cc(OC)c1C. The maximum absolute atomic E-state index is 5.43. The summed E-state index contributed by atoms with van der Waals surface area (Å²) in [6, 6.07) is 12.8. The van der Waals surface area contributed by atoms with Gasteiger partial charge in [0.05, 0.1) is 14.2 Å². The Hall–Kier alpha value is -1.96. The molecule has 0 N–H and O–H groups in total. The largest absolute Gasteiger partial charge is 0.496 e. The molecule has 2 aromatic rings. The van der Waals surface area contributed by atoms with Gasteiger partial charge in [0.15, 0.2) is 0 Å². The van der Waals surface area contributed by atoms with Crippen LogP contribution in [-0.4, -0.2) is 14.2 Å². The van der Waals surface area contributed by atoms with Gasteiger partial charge in [-0.15, -0.1) is 0 Å². The zero-order valence-electron chi connectivity index (χ0n) is 12.9. The third kappa shape index (κ3) is 2.79. The van der Waals surface area contributed by atoms with Gasteiger partial charge in [0.1, 0.15) is 11.5 Å². The molecule has 0 fully saturated rings. The molecule has 0 amide bonds. The van der Waals surface area contributed by atoms with Gasteiger partial charge in [-0.3, -0.25) is 0 Å². The molecule has 0 unspecified atom stereocenters. The van der Waals surface area contributed by atoms with Gasteiger partial charge in [-0.2, -0.15) is 0 Å². The molecule has 0 bridgehead atoms. The normalized spacial score (nSPS) is 10.7. The lowest BCUT2D eigenvalue weighted by atomic mass is 9.98. The molecule has 2 heteroatoms. The molecule has 2 nitrogen and oxygen atoms in total. The second-order valence-electron chi connectivity index (χ2n) is 5.28. The Bertz CT molecular complexity index is 558. The fourth-order valence-electron chi connectivity index (χ4n) is 2.31. The molecule has 0 aliphatic carbocycles. The Morgan fingerprint density at radius 2 is 1.30 bits per heavy atom. The number of ether oxygens (including phenoxy) is 2. The van der Waals surface area contributed by atoms with Gasteiger partial charge >= 0.3 is 0 Å². The van der Waals surface area contributed by atoms with Crippen molar-refractivity contribution in [3.63, 3.8) is 0 Å². The highest BCUT2D eigenvalue weighted by atomic mass is 16.5. The number of hydrogen-bond acceptors (Lipinski definition) is 2. The minimum Gasteiger partial charge on any atom is -0.496 e. The monoisotopic (exact) mass is 270 g/mol. The van der Waals surface area contributed by atoms with Crippen LogP contribution in [0.1, 0.15) is 30.9 Å². The Morgan fingerprint density at radius 3 is 1.70 bits per heavy atom. The van der Waals surface area contributed by atoms with Gasteiger partial charge in [0.25, 0.3) is 0 Å². The van der Waals surface area contributed by atoms with E-state index in [0.29, 0.717) is 5.92 Å². The van der Waals surface area contributed by atoms with E-state index in [4.69, 9.17) is 9.47 Å². The van der Waals surface area contributed by atoms with Crippen molar-refractivity contribution in [2.24, 2.45) is 0 Å². The van der Waals surface area contributed by atoms with Gasteiger partial charge in [-0.1, -0.05) is 38.1 Å². The summed E-state index contributed by atoms with van der Waals surface area (Å²) in [5.74, 6) is 2.26. The molecule has 20 heavy (non-hydrogen) atoms. The Labute approximate surface area is 121 Å². The number of rotatable bonds is 4. The molecule has 0 saturated heterocycles. The van der Waals surface area contributed by atoms with Crippen molar-refractivity contribution in [1.82, 2.24) is 0 Å². The summed E-state index contributed by atoms with van der Waals surface area (Å²) in [7, 11) is 3.38. The van der Waals surface area contributed by atoms with E-state index < -0.39 is 0 Å². The van der Waals surface area contributed by atoms with Gasteiger partial charge in [-0.05, 0) is 41.7 Å². The minimum absolute atomic E-state index is 0.547. The van der Waals surface area contributed by atoms with E-state index in [-0.39, 0.29) is 0 Å². The second-order valence-corrected chi connectivity index (χ2v) is 5.28. The molecule has 0 atom stereocenters. The molecule has 0 spiro atoms. The van der Waals surface area contributed by atoms with E-state index in [2.05, 4.69) is 50.2 Å². The van der Waals surface area contributed by atoms with Gasteiger partial charge < -0.3 is 9.47 Å². The Morgan fingerprint density at radius 1 is 0.800 bits per heavy atom. The highest BCUT2D eigenvalue weighted by Crippen LogP contribution is 2.34.